The Hall–Kier alpha value is -3.60. The van der Waals surface area contributed by atoms with E-state index in [9.17, 15) is 9.59 Å². The van der Waals surface area contributed by atoms with E-state index in [1.165, 1.54) is 4.90 Å². The number of para-hydroxylation sites is 1. The predicted molar refractivity (Wildman–Crippen MR) is 128 cm³/mol. The lowest BCUT2D eigenvalue weighted by Crippen LogP contribution is -2.39. The van der Waals surface area contributed by atoms with Crippen molar-refractivity contribution in [1.82, 2.24) is 5.32 Å². The topological polar surface area (TPSA) is 58.6 Å². The summed E-state index contributed by atoms with van der Waals surface area (Å²) in [6.45, 7) is 6.17. The largest absolute Gasteiger partial charge is 0.481 e. The fourth-order valence-corrected chi connectivity index (χ4v) is 3.48. The molecule has 0 aliphatic carbocycles. The number of likely N-dealkylation sites (N-methyl/N-ethyl adjacent to an activating group) is 1. The summed E-state index contributed by atoms with van der Waals surface area (Å²) in [5, 5.41) is 2.96. The summed E-state index contributed by atoms with van der Waals surface area (Å²) in [6.07, 6.45) is 0.0410. The van der Waals surface area contributed by atoms with Crippen LogP contribution in [0.4, 0.5) is 5.69 Å². The van der Waals surface area contributed by atoms with Crippen molar-refractivity contribution in [3.05, 3.63) is 95.1 Å². The second-order valence-corrected chi connectivity index (χ2v) is 7.93. The molecule has 3 aromatic rings. The van der Waals surface area contributed by atoms with Crippen LogP contribution in [0.2, 0.25) is 0 Å². The first-order valence-electron chi connectivity index (χ1n) is 10.8. The van der Waals surface area contributed by atoms with Crippen molar-refractivity contribution in [2.45, 2.75) is 33.3 Å². The molecule has 0 aliphatic heterocycles. The van der Waals surface area contributed by atoms with Gasteiger partial charge in [-0.3, -0.25) is 9.59 Å². The molecule has 166 valence electrons. The van der Waals surface area contributed by atoms with Crippen molar-refractivity contribution in [3.63, 3.8) is 0 Å². The molecule has 5 heteroatoms. The van der Waals surface area contributed by atoms with Gasteiger partial charge in [-0.2, -0.15) is 0 Å². The lowest BCUT2D eigenvalue weighted by molar-refractivity contribution is -0.124. The van der Waals surface area contributed by atoms with Gasteiger partial charge in [0.1, 0.15) is 5.75 Å². The fourth-order valence-electron chi connectivity index (χ4n) is 3.48. The number of hydrogen-bond acceptors (Lipinski definition) is 3. The number of carbonyl (C=O) groups is 2. The van der Waals surface area contributed by atoms with Crippen LogP contribution in [0.1, 0.15) is 34.0 Å². The van der Waals surface area contributed by atoms with Crippen LogP contribution in [-0.4, -0.2) is 31.5 Å². The minimum Gasteiger partial charge on any atom is -0.481 e. The number of anilines is 1. The number of nitrogens with zero attached hydrogens (tertiary/aromatic N) is 1. The molecule has 0 aliphatic rings. The Kier molecular flexibility index (Phi) is 7.66. The molecule has 0 spiro atoms. The SMILES string of the molecule is Cc1ccc(C)c(OC(C)C(=O)N(C)c2ccccc2C(=O)NCCc2ccccc2)c1. The van der Waals surface area contributed by atoms with E-state index in [1.807, 2.05) is 68.4 Å². The summed E-state index contributed by atoms with van der Waals surface area (Å²) in [5.74, 6) is 0.251. The lowest BCUT2D eigenvalue weighted by Gasteiger charge is -2.24. The zero-order valence-electron chi connectivity index (χ0n) is 19.1. The molecule has 1 atom stereocenters. The van der Waals surface area contributed by atoms with Crippen LogP contribution in [0, 0.1) is 13.8 Å². The highest BCUT2D eigenvalue weighted by molar-refractivity contribution is 6.05. The minimum atomic E-state index is -0.699. The molecule has 1 unspecified atom stereocenters. The summed E-state index contributed by atoms with van der Waals surface area (Å²) in [7, 11) is 1.67. The highest BCUT2D eigenvalue weighted by atomic mass is 16.5. The smallest absolute Gasteiger partial charge is 0.267 e. The van der Waals surface area contributed by atoms with Crippen molar-refractivity contribution in [3.8, 4) is 5.75 Å². The van der Waals surface area contributed by atoms with Gasteiger partial charge in [0.05, 0.1) is 11.3 Å². The van der Waals surface area contributed by atoms with E-state index in [1.54, 1.807) is 32.2 Å². The molecule has 5 nitrogen and oxygen atoms in total. The maximum Gasteiger partial charge on any atom is 0.267 e. The van der Waals surface area contributed by atoms with Gasteiger partial charge in [-0.1, -0.05) is 54.6 Å². The van der Waals surface area contributed by atoms with Crippen LogP contribution >= 0.6 is 0 Å². The highest BCUT2D eigenvalue weighted by Crippen LogP contribution is 2.23. The van der Waals surface area contributed by atoms with Crippen molar-refractivity contribution in [1.29, 1.82) is 0 Å². The first kappa shape index (κ1) is 23.1. The average molecular weight is 431 g/mol. The molecule has 0 saturated carbocycles. The van der Waals surface area contributed by atoms with Gasteiger partial charge < -0.3 is 15.0 Å². The number of amides is 2. The molecular weight excluding hydrogens is 400 g/mol. The third-order valence-corrected chi connectivity index (χ3v) is 5.38. The Bertz CT molecular complexity index is 1080. The lowest BCUT2D eigenvalue weighted by atomic mass is 10.1. The summed E-state index contributed by atoms with van der Waals surface area (Å²) in [4.78, 5) is 27.4. The van der Waals surface area contributed by atoms with E-state index in [-0.39, 0.29) is 11.8 Å². The zero-order valence-corrected chi connectivity index (χ0v) is 19.1. The van der Waals surface area contributed by atoms with E-state index in [0.29, 0.717) is 23.5 Å². The van der Waals surface area contributed by atoms with Crippen LogP contribution in [-0.2, 0) is 11.2 Å². The van der Waals surface area contributed by atoms with Gasteiger partial charge in [-0.05, 0) is 62.1 Å². The van der Waals surface area contributed by atoms with Gasteiger partial charge in [0.25, 0.3) is 11.8 Å². The molecule has 3 rings (SSSR count). The molecule has 0 radical (unpaired) electrons. The Morgan fingerprint density at radius 2 is 1.66 bits per heavy atom. The van der Waals surface area contributed by atoms with Gasteiger partial charge >= 0.3 is 0 Å². The standard InChI is InChI=1S/C27H30N2O3/c1-19-14-15-20(2)25(18-19)32-21(3)27(31)29(4)24-13-9-8-12-23(24)26(30)28-17-16-22-10-6-5-7-11-22/h5-15,18,21H,16-17H2,1-4H3,(H,28,30). The summed E-state index contributed by atoms with van der Waals surface area (Å²) in [6, 6.07) is 23.0. The summed E-state index contributed by atoms with van der Waals surface area (Å²) < 4.78 is 5.95. The molecule has 3 aromatic carbocycles. The number of ether oxygens (including phenoxy) is 1. The fraction of sp³-hybridized carbons (Fsp3) is 0.259. The average Bonchev–Trinajstić information content (AvgIpc) is 2.81. The zero-order chi connectivity index (χ0) is 23.1. The van der Waals surface area contributed by atoms with E-state index >= 15 is 0 Å². The molecule has 1 N–H and O–H groups in total. The molecule has 0 fully saturated rings. The molecule has 0 aromatic heterocycles. The van der Waals surface area contributed by atoms with Crippen LogP contribution in [0.5, 0.6) is 5.75 Å². The number of rotatable bonds is 8. The molecule has 2 amide bonds. The first-order valence-corrected chi connectivity index (χ1v) is 10.8. The van der Waals surface area contributed by atoms with Crippen LogP contribution in [0.15, 0.2) is 72.8 Å². The Morgan fingerprint density at radius 3 is 2.41 bits per heavy atom. The Morgan fingerprint density at radius 1 is 0.969 bits per heavy atom. The number of nitrogens with one attached hydrogen (secondary N) is 1. The number of aryl methyl sites for hydroxylation is 2. The van der Waals surface area contributed by atoms with E-state index in [4.69, 9.17) is 4.74 Å². The third kappa shape index (κ3) is 5.76. The van der Waals surface area contributed by atoms with Gasteiger partial charge in [-0.25, -0.2) is 0 Å². The van der Waals surface area contributed by atoms with Gasteiger partial charge in [0.15, 0.2) is 6.10 Å². The van der Waals surface area contributed by atoms with E-state index < -0.39 is 6.10 Å². The predicted octanol–water partition coefficient (Wildman–Crippen LogP) is 4.71. The van der Waals surface area contributed by atoms with Crippen molar-refractivity contribution < 1.29 is 14.3 Å². The van der Waals surface area contributed by atoms with Gasteiger partial charge in [0.2, 0.25) is 0 Å². The monoisotopic (exact) mass is 430 g/mol. The Balaban J connectivity index is 1.68. The molecular formula is C27H30N2O3. The van der Waals surface area contributed by atoms with Crippen molar-refractivity contribution in [2.24, 2.45) is 0 Å². The molecule has 32 heavy (non-hydrogen) atoms. The second kappa shape index (κ2) is 10.6. The number of hydrogen-bond donors (Lipinski definition) is 1. The number of benzene rings is 3. The van der Waals surface area contributed by atoms with Crippen LogP contribution in [0.3, 0.4) is 0 Å². The van der Waals surface area contributed by atoms with Gasteiger partial charge in [-0.15, -0.1) is 0 Å². The van der Waals surface area contributed by atoms with E-state index in [0.717, 1.165) is 23.1 Å². The molecule has 0 bridgehead atoms. The molecule has 0 heterocycles. The summed E-state index contributed by atoms with van der Waals surface area (Å²) in [5.41, 5.74) is 4.19. The molecule has 0 saturated heterocycles. The number of carbonyl (C=O) groups excluding carboxylic acids is 2. The minimum absolute atomic E-state index is 0.209. The highest BCUT2D eigenvalue weighted by Gasteiger charge is 2.24. The maximum absolute atomic E-state index is 13.1. The van der Waals surface area contributed by atoms with Crippen molar-refractivity contribution in [2.75, 3.05) is 18.5 Å². The first-order chi connectivity index (χ1) is 15.4. The quantitative estimate of drug-likeness (QED) is 0.563. The normalized spacial score (nSPS) is 11.5. The van der Waals surface area contributed by atoms with Gasteiger partial charge in [0, 0.05) is 13.6 Å². The Labute approximate surface area is 190 Å². The second-order valence-electron chi connectivity index (χ2n) is 7.93. The third-order valence-electron chi connectivity index (χ3n) is 5.38. The van der Waals surface area contributed by atoms with Crippen molar-refractivity contribution >= 4 is 17.5 Å². The summed E-state index contributed by atoms with van der Waals surface area (Å²) >= 11 is 0. The maximum atomic E-state index is 13.1. The van der Waals surface area contributed by atoms with Crippen LogP contribution < -0.4 is 15.0 Å². The van der Waals surface area contributed by atoms with Crippen LogP contribution in [0.25, 0.3) is 0 Å². The van der Waals surface area contributed by atoms with E-state index in [2.05, 4.69) is 5.32 Å².